The third-order valence-electron chi connectivity index (χ3n) is 4.54. The molecule has 0 radical (unpaired) electrons. The van der Waals surface area contributed by atoms with Crippen LogP contribution in [0.1, 0.15) is 32.6 Å². The average molecular weight is 387 g/mol. The number of carbonyl (C=O) groups is 2. The van der Waals surface area contributed by atoms with Crippen LogP contribution < -0.4 is 10.2 Å². The first kappa shape index (κ1) is 20.0. The summed E-state index contributed by atoms with van der Waals surface area (Å²) in [4.78, 5) is 27.6. The van der Waals surface area contributed by atoms with Crippen molar-refractivity contribution in [3.63, 3.8) is 0 Å². The van der Waals surface area contributed by atoms with Crippen LogP contribution >= 0.6 is 23.2 Å². The molecular weight excluding hydrogens is 361 g/mol. The Morgan fingerprint density at radius 1 is 1.24 bits per heavy atom. The maximum atomic E-state index is 12.5. The standard InChI is InChI=1S/C18H25Cl2N3O2/c1-3-14-6-4-5-9-23(14)18(25)12-22(2)11-17(24)21-13-7-8-15(19)16(20)10-13/h7-8,10,14H,3-6,9,11-12H2,1-2H3,(H,21,24)/p+1/t14-/m0/s1. The van der Waals surface area contributed by atoms with Crippen LogP contribution in [0.2, 0.25) is 10.0 Å². The summed E-state index contributed by atoms with van der Waals surface area (Å²) in [5, 5.41) is 3.62. The van der Waals surface area contributed by atoms with Gasteiger partial charge in [-0.3, -0.25) is 9.59 Å². The summed E-state index contributed by atoms with van der Waals surface area (Å²) < 4.78 is 0. The molecule has 2 atom stereocenters. The van der Waals surface area contributed by atoms with Gasteiger partial charge < -0.3 is 15.1 Å². The van der Waals surface area contributed by atoms with Crippen LogP contribution in [0.5, 0.6) is 0 Å². The van der Waals surface area contributed by atoms with Crippen molar-refractivity contribution in [2.24, 2.45) is 0 Å². The van der Waals surface area contributed by atoms with Gasteiger partial charge >= 0.3 is 0 Å². The maximum absolute atomic E-state index is 12.5. The number of benzene rings is 1. The van der Waals surface area contributed by atoms with E-state index >= 15 is 0 Å². The molecule has 1 aliphatic heterocycles. The number of nitrogens with zero attached hydrogens (tertiary/aromatic N) is 1. The molecule has 138 valence electrons. The molecule has 1 saturated heterocycles. The number of rotatable bonds is 6. The van der Waals surface area contributed by atoms with E-state index in [1.165, 1.54) is 6.42 Å². The number of amides is 2. The minimum atomic E-state index is -0.158. The second-order valence-electron chi connectivity index (χ2n) is 6.63. The highest BCUT2D eigenvalue weighted by Gasteiger charge is 2.27. The molecule has 2 amide bonds. The summed E-state index contributed by atoms with van der Waals surface area (Å²) in [6, 6.07) is 5.30. The first-order valence-electron chi connectivity index (χ1n) is 8.76. The number of halogens is 2. The first-order valence-corrected chi connectivity index (χ1v) is 9.52. The highest BCUT2D eigenvalue weighted by molar-refractivity contribution is 6.42. The fourth-order valence-electron chi connectivity index (χ4n) is 3.23. The molecule has 1 heterocycles. The van der Waals surface area contributed by atoms with Crippen molar-refractivity contribution in [1.29, 1.82) is 0 Å². The van der Waals surface area contributed by atoms with Crippen LogP contribution in [0.15, 0.2) is 18.2 Å². The lowest BCUT2D eigenvalue weighted by molar-refractivity contribution is -0.862. The molecule has 1 aromatic carbocycles. The third-order valence-corrected chi connectivity index (χ3v) is 5.28. The summed E-state index contributed by atoms with van der Waals surface area (Å²) in [5.74, 6) is -0.0271. The van der Waals surface area contributed by atoms with E-state index in [0.29, 0.717) is 28.3 Å². The number of anilines is 1. The van der Waals surface area contributed by atoms with Crippen molar-refractivity contribution in [2.45, 2.75) is 38.6 Å². The van der Waals surface area contributed by atoms with Crippen LogP contribution in [0.25, 0.3) is 0 Å². The van der Waals surface area contributed by atoms with Gasteiger partial charge in [-0.1, -0.05) is 30.1 Å². The Kier molecular flexibility index (Phi) is 7.54. The van der Waals surface area contributed by atoms with Gasteiger partial charge in [-0.25, -0.2) is 0 Å². The van der Waals surface area contributed by atoms with E-state index in [9.17, 15) is 9.59 Å². The van der Waals surface area contributed by atoms with Crippen LogP contribution in [-0.2, 0) is 9.59 Å². The molecule has 25 heavy (non-hydrogen) atoms. The van der Waals surface area contributed by atoms with Gasteiger partial charge in [0.05, 0.1) is 17.1 Å². The monoisotopic (exact) mass is 386 g/mol. The van der Waals surface area contributed by atoms with Crippen molar-refractivity contribution in [2.75, 3.05) is 32.0 Å². The van der Waals surface area contributed by atoms with Crippen molar-refractivity contribution in [3.05, 3.63) is 28.2 Å². The summed E-state index contributed by atoms with van der Waals surface area (Å²) >= 11 is 11.8. The number of likely N-dealkylation sites (tertiary alicyclic amines) is 1. The van der Waals surface area contributed by atoms with Gasteiger partial charge in [0.2, 0.25) is 0 Å². The molecule has 1 unspecified atom stereocenters. The number of likely N-dealkylation sites (N-methyl/N-ethyl adjacent to an activating group) is 1. The van der Waals surface area contributed by atoms with E-state index in [1.54, 1.807) is 18.2 Å². The second kappa shape index (κ2) is 9.41. The van der Waals surface area contributed by atoms with Gasteiger partial charge in [-0.15, -0.1) is 0 Å². The molecule has 0 aromatic heterocycles. The zero-order valence-corrected chi connectivity index (χ0v) is 16.3. The SMILES string of the molecule is CC[C@H]1CCCCN1C(=O)C[NH+](C)CC(=O)Nc1ccc(Cl)c(Cl)c1. The molecule has 7 heteroatoms. The number of hydrogen-bond acceptors (Lipinski definition) is 2. The topological polar surface area (TPSA) is 53.9 Å². The number of quaternary nitrogens is 1. The minimum absolute atomic E-state index is 0.131. The lowest BCUT2D eigenvalue weighted by Gasteiger charge is -2.35. The molecule has 2 rings (SSSR count). The zero-order chi connectivity index (χ0) is 18.4. The van der Waals surface area contributed by atoms with E-state index < -0.39 is 0 Å². The Hall–Kier alpha value is -1.30. The number of carbonyl (C=O) groups excluding carboxylic acids is 2. The Morgan fingerprint density at radius 3 is 2.68 bits per heavy atom. The number of hydrogen-bond donors (Lipinski definition) is 2. The normalized spacial score (nSPS) is 18.7. The summed E-state index contributed by atoms with van der Waals surface area (Å²) in [7, 11) is 1.86. The third kappa shape index (κ3) is 5.87. The molecule has 5 nitrogen and oxygen atoms in total. The van der Waals surface area contributed by atoms with E-state index in [4.69, 9.17) is 23.2 Å². The van der Waals surface area contributed by atoms with Crippen LogP contribution in [0.3, 0.4) is 0 Å². The minimum Gasteiger partial charge on any atom is -0.335 e. The van der Waals surface area contributed by atoms with Crippen LogP contribution in [-0.4, -0.2) is 49.4 Å². The largest absolute Gasteiger partial charge is 0.335 e. The molecule has 0 aliphatic carbocycles. The lowest BCUT2D eigenvalue weighted by atomic mass is 10.00. The van der Waals surface area contributed by atoms with E-state index in [1.807, 2.05) is 11.9 Å². The predicted octanol–water partition coefficient (Wildman–Crippen LogP) is 2.24. The lowest BCUT2D eigenvalue weighted by Crippen LogP contribution is -3.11. The zero-order valence-electron chi connectivity index (χ0n) is 14.8. The molecule has 1 fully saturated rings. The van der Waals surface area contributed by atoms with Crippen molar-refractivity contribution >= 4 is 40.7 Å². The summed E-state index contributed by atoms with van der Waals surface area (Å²) in [6.07, 6.45) is 4.33. The van der Waals surface area contributed by atoms with E-state index in [0.717, 1.165) is 30.7 Å². The summed E-state index contributed by atoms with van der Waals surface area (Å²) in [5.41, 5.74) is 0.598. The quantitative estimate of drug-likeness (QED) is 0.787. The van der Waals surface area contributed by atoms with Crippen molar-refractivity contribution < 1.29 is 14.5 Å². The molecule has 0 spiro atoms. The maximum Gasteiger partial charge on any atom is 0.279 e. The average Bonchev–Trinajstić information content (AvgIpc) is 2.57. The van der Waals surface area contributed by atoms with Crippen molar-refractivity contribution in [3.8, 4) is 0 Å². The van der Waals surface area contributed by atoms with Crippen LogP contribution in [0.4, 0.5) is 5.69 Å². The highest BCUT2D eigenvalue weighted by atomic mass is 35.5. The van der Waals surface area contributed by atoms with Gasteiger partial charge in [0.25, 0.3) is 11.8 Å². The smallest absolute Gasteiger partial charge is 0.279 e. The molecule has 2 N–H and O–H groups in total. The predicted molar refractivity (Wildman–Crippen MR) is 101 cm³/mol. The van der Waals surface area contributed by atoms with E-state index in [2.05, 4.69) is 12.2 Å². The van der Waals surface area contributed by atoms with Gasteiger partial charge in [0, 0.05) is 18.3 Å². The van der Waals surface area contributed by atoms with Crippen LogP contribution in [0, 0.1) is 0 Å². The Bertz CT molecular complexity index is 624. The fourth-order valence-corrected chi connectivity index (χ4v) is 3.53. The fraction of sp³-hybridized carbons (Fsp3) is 0.556. The molecule has 0 saturated carbocycles. The first-order chi connectivity index (χ1) is 11.9. The molecule has 0 bridgehead atoms. The van der Waals surface area contributed by atoms with Gasteiger partial charge in [-0.2, -0.15) is 0 Å². The van der Waals surface area contributed by atoms with Crippen molar-refractivity contribution in [1.82, 2.24) is 4.90 Å². The Morgan fingerprint density at radius 2 is 2.00 bits per heavy atom. The molecular formula is C18H26Cl2N3O2+. The van der Waals surface area contributed by atoms with Gasteiger partial charge in [0.15, 0.2) is 13.1 Å². The number of nitrogens with one attached hydrogen (secondary N) is 2. The molecule has 1 aliphatic rings. The molecule has 1 aromatic rings. The van der Waals surface area contributed by atoms with Gasteiger partial charge in [-0.05, 0) is 43.9 Å². The highest BCUT2D eigenvalue weighted by Crippen LogP contribution is 2.24. The Balaban J connectivity index is 1.84. The Labute approximate surface area is 159 Å². The van der Waals surface area contributed by atoms with E-state index in [-0.39, 0.29) is 18.4 Å². The van der Waals surface area contributed by atoms with Gasteiger partial charge in [0.1, 0.15) is 0 Å². The summed E-state index contributed by atoms with van der Waals surface area (Å²) in [6.45, 7) is 3.50. The second-order valence-corrected chi connectivity index (χ2v) is 7.45. The number of piperidine rings is 1.